The zero-order valence-corrected chi connectivity index (χ0v) is 11.4. The number of hydrogen-bond acceptors (Lipinski definition) is 3. The van der Waals surface area contributed by atoms with E-state index in [0.717, 1.165) is 0 Å². The molecule has 0 heterocycles. The third kappa shape index (κ3) is 3.95. The van der Waals surface area contributed by atoms with Crippen molar-refractivity contribution in [3.8, 4) is 0 Å². The quantitative estimate of drug-likeness (QED) is 0.830. The van der Waals surface area contributed by atoms with E-state index in [2.05, 4.69) is 21.2 Å². The first-order valence-electron chi connectivity index (χ1n) is 4.60. The molecular formula is C10H11BrN2O3S. The molecule has 0 saturated carbocycles. The van der Waals surface area contributed by atoms with Crippen LogP contribution in [0.3, 0.4) is 0 Å². The molecule has 5 nitrogen and oxygen atoms in total. The molecule has 0 atom stereocenters. The molecule has 0 aliphatic carbocycles. The van der Waals surface area contributed by atoms with Gasteiger partial charge < -0.3 is 5.32 Å². The van der Waals surface area contributed by atoms with E-state index in [1.807, 2.05) is 0 Å². The summed E-state index contributed by atoms with van der Waals surface area (Å²) in [6, 6.07) is 4.12. The molecular weight excluding hydrogens is 308 g/mol. The minimum Gasteiger partial charge on any atom is -0.321 e. The molecule has 0 fully saturated rings. The van der Waals surface area contributed by atoms with Crippen molar-refractivity contribution < 1.29 is 13.2 Å². The van der Waals surface area contributed by atoms with Crippen LogP contribution in [0.1, 0.15) is 6.92 Å². The molecule has 0 radical (unpaired) electrons. The molecule has 3 N–H and O–H groups in total. The first-order chi connectivity index (χ1) is 7.84. The van der Waals surface area contributed by atoms with Crippen LogP contribution >= 0.6 is 15.9 Å². The highest BCUT2D eigenvalue weighted by Gasteiger charge is 2.10. The number of primary sulfonamides is 1. The second-order valence-corrected chi connectivity index (χ2v) is 5.59. The number of amides is 1. The lowest BCUT2D eigenvalue weighted by molar-refractivity contribution is -0.111. The lowest BCUT2D eigenvalue weighted by Gasteiger charge is -2.06. The number of anilines is 1. The number of hydrogen-bond donors (Lipinski definition) is 2. The van der Waals surface area contributed by atoms with Crippen molar-refractivity contribution >= 4 is 37.5 Å². The van der Waals surface area contributed by atoms with E-state index in [0.29, 0.717) is 10.2 Å². The zero-order chi connectivity index (χ0) is 13.1. The Morgan fingerprint density at radius 2 is 2.12 bits per heavy atom. The Kier molecular flexibility index (Phi) is 4.44. The van der Waals surface area contributed by atoms with Crippen LogP contribution < -0.4 is 10.5 Å². The first-order valence-corrected chi connectivity index (χ1v) is 6.94. The number of sulfonamides is 1. The average Bonchev–Trinajstić information content (AvgIpc) is 2.20. The van der Waals surface area contributed by atoms with E-state index in [1.165, 1.54) is 24.3 Å². The number of rotatable bonds is 3. The van der Waals surface area contributed by atoms with Gasteiger partial charge >= 0.3 is 0 Å². The molecule has 0 spiro atoms. The predicted molar refractivity (Wildman–Crippen MR) is 69.0 cm³/mol. The summed E-state index contributed by atoms with van der Waals surface area (Å²) in [4.78, 5) is 11.3. The summed E-state index contributed by atoms with van der Waals surface area (Å²) in [7, 11) is -3.74. The monoisotopic (exact) mass is 318 g/mol. The Balaban J connectivity index is 3.03. The number of nitrogens with two attached hydrogens (primary N) is 1. The van der Waals surface area contributed by atoms with Crippen LogP contribution in [-0.4, -0.2) is 14.3 Å². The van der Waals surface area contributed by atoms with E-state index in [4.69, 9.17) is 5.14 Å². The van der Waals surface area contributed by atoms with Crippen LogP contribution in [0.15, 0.2) is 39.7 Å². The van der Waals surface area contributed by atoms with E-state index in [9.17, 15) is 13.2 Å². The summed E-state index contributed by atoms with van der Waals surface area (Å²) in [6.07, 6.45) is 2.96. The zero-order valence-electron chi connectivity index (χ0n) is 8.98. The third-order valence-electron chi connectivity index (χ3n) is 1.84. The van der Waals surface area contributed by atoms with Gasteiger partial charge in [-0.05, 0) is 47.1 Å². The van der Waals surface area contributed by atoms with E-state index in [1.54, 1.807) is 13.0 Å². The molecule has 0 aliphatic heterocycles. The lowest BCUT2D eigenvalue weighted by Crippen LogP contribution is -2.13. The highest BCUT2D eigenvalue weighted by Crippen LogP contribution is 2.25. The van der Waals surface area contributed by atoms with Gasteiger partial charge in [-0.3, -0.25) is 4.79 Å². The van der Waals surface area contributed by atoms with Crippen molar-refractivity contribution in [1.29, 1.82) is 0 Å². The smallest absolute Gasteiger partial charge is 0.248 e. The van der Waals surface area contributed by atoms with Crippen LogP contribution in [-0.2, 0) is 14.8 Å². The largest absolute Gasteiger partial charge is 0.321 e. The molecule has 1 aromatic rings. The van der Waals surface area contributed by atoms with Gasteiger partial charge in [-0.15, -0.1) is 0 Å². The third-order valence-corrected chi connectivity index (χ3v) is 3.41. The second kappa shape index (κ2) is 5.44. The number of allylic oxidation sites excluding steroid dienone is 1. The van der Waals surface area contributed by atoms with Gasteiger partial charge in [-0.25, -0.2) is 13.6 Å². The van der Waals surface area contributed by atoms with Gasteiger partial charge in [0.15, 0.2) is 0 Å². The summed E-state index contributed by atoms with van der Waals surface area (Å²) in [5.41, 5.74) is 0.473. The van der Waals surface area contributed by atoms with Crippen molar-refractivity contribution in [2.75, 3.05) is 5.32 Å². The van der Waals surface area contributed by atoms with Crippen molar-refractivity contribution in [1.82, 2.24) is 0 Å². The maximum absolute atomic E-state index is 11.3. The fraction of sp³-hybridized carbons (Fsp3) is 0.100. The Hall–Kier alpha value is -1.18. The highest BCUT2D eigenvalue weighted by atomic mass is 79.9. The molecule has 0 unspecified atom stereocenters. The normalized spacial score (nSPS) is 11.7. The molecule has 1 rings (SSSR count). The molecule has 0 saturated heterocycles. The summed E-state index contributed by atoms with van der Waals surface area (Å²) in [5, 5.41) is 7.56. The topological polar surface area (TPSA) is 89.3 Å². The van der Waals surface area contributed by atoms with Crippen LogP contribution in [0.4, 0.5) is 5.69 Å². The average molecular weight is 319 g/mol. The van der Waals surface area contributed by atoms with E-state index in [-0.39, 0.29) is 10.8 Å². The van der Waals surface area contributed by atoms with Gasteiger partial charge in [0.2, 0.25) is 15.9 Å². The van der Waals surface area contributed by atoms with Crippen molar-refractivity contribution in [3.63, 3.8) is 0 Å². The minimum atomic E-state index is -3.74. The SMILES string of the molecule is C/C=C/C(=O)Nc1ccc(S(N)(=O)=O)cc1Br. The minimum absolute atomic E-state index is 0.0200. The van der Waals surface area contributed by atoms with Gasteiger partial charge in [0, 0.05) is 4.47 Å². The number of nitrogens with one attached hydrogen (secondary N) is 1. The maximum atomic E-state index is 11.3. The van der Waals surface area contributed by atoms with Crippen molar-refractivity contribution in [3.05, 3.63) is 34.8 Å². The summed E-state index contributed by atoms with van der Waals surface area (Å²) in [5.74, 6) is -0.295. The maximum Gasteiger partial charge on any atom is 0.248 e. The summed E-state index contributed by atoms with van der Waals surface area (Å²) < 4.78 is 22.6. The molecule has 92 valence electrons. The number of carbonyl (C=O) groups is 1. The molecule has 0 aromatic heterocycles. The van der Waals surface area contributed by atoms with Crippen LogP contribution in [0.2, 0.25) is 0 Å². The van der Waals surface area contributed by atoms with E-state index >= 15 is 0 Å². The van der Waals surface area contributed by atoms with Crippen LogP contribution in [0.5, 0.6) is 0 Å². The molecule has 0 bridgehead atoms. The van der Waals surface area contributed by atoms with Gasteiger partial charge in [-0.1, -0.05) is 6.08 Å². The van der Waals surface area contributed by atoms with Crippen LogP contribution in [0, 0.1) is 0 Å². The van der Waals surface area contributed by atoms with Crippen molar-refractivity contribution in [2.24, 2.45) is 5.14 Å². The van der Waals surface area contributed by atoms with Gasteiger partial charge in [0.1, 0.15) is 0 Å². The molecule has 0 aliphatic rings. The van der Waals surface area contributed by atoms with Crippen molar-refractivity contribution in [2.45, 2.75) is 11.8 Å². The fourth-order valence-electron chi connectivity index (χ4n) is 1.10. The fourth-order valence-corrected chi connectivity index (χ4v) is 2.27. The molecule has 7 heteroatoms. The molecule has 1 aromatic carbocycles. The first kappa shape index (κ1) is 13.9. The van der Waals surface area contributed by atoms with Gasteiger partial charge in [-0.2, -0.15) is 0 Å². The highest BCUT2D eigenvalue weighted by molar-refractivity contribution is 9.10. The Morgan fingerprint density at radius 1 is 1.47 bits per heavy atom. The summed E-state index contributed by atoms with van der Waals surface area (Å²) in [6.45, 7) is 1.72. The standard InChI is InChI=1S/C10H11BrN2O3S/c1-2-3-10(14)13-9-5-4-7(6-8(9)11)17(12,15)16/h2-6H,1H3,(H,13,14)(H2,12,15,16)/b3-2+. The molecule has 1 amide bonds. The predicted octanol–water partition coefficient (Wildman–Crippen LogP) is 1.61. The number of benzene rings is 1. The van der Waals surface area contributed by atoms with E-state index < -0.39 is 10.0 Å². The molecule has 17 heavy (non-hydrogen) atoms. The van der Waals surface area contributed by atoms with Gasteiger partial charge in [0.25, 0.3) is 0 Å². The van der Waals surface area contributed by atoms with Gasteiger partial charge in [0.05, 0.1) is 10.6 Å². The Bertz CT molecular complexity index is 567. The number of halogens is 1. The summed E-state index contributed by atoms with van der Waals surface area (Å²) >= 11 is 3.16. The number of carbonyl (C=O) groups excluding carboxylic acids is 1. The lowest BCUT2D eigenvalue weighted by atomic mass is 10.3. The van der Waals surface area contributed by atoms with Crippen LogP contribution in [0.25, 0.3) is 0 Å². The Morgan fingerprint density at radius 3 is 2.59 bits per heavy atom. The second-order valence-electron chi connectivity index (χ2n) is 3.18. The Labute approximate surface area is 108 Å².